The Morgan fingerprint density at radius 2 is 2.29 bits per heavy atom. The van der Waals surface area contributed by atoms with Crippen LogP contribution in [0.3, 0.4) is 0 Å². The van der Waals surface area contributed by atoms with Gasteiger partial charge in [-0.15, -0.1) is 11.3 Å². The normalized spacial score (nSPS) is 11.0. The van der Waals surface area contributed by atoms with Crippen molar-refractivity contribution >= 4 is 29.3 Å². The van der Waals surface area contributed by atoms with Crippen LogP contribution >= 0.6 is 11.3 Å². The van der Waals surface area contributed by atoms with E-state index in [4.69, 9.17) is 5.11 Å². The molecular weight excluding hydrogens is 290 g/mol. The molecule has 0 saturated carbocycles. The summed E-state index contributed by atoms with van der Waals surface area (Å²) in [6, 6.07) is 1.66. The van der Waals surface area contributed by atoms with Crippen LogP contribution in [0.4, 0.5) is 0 Å². The first-order valence-corrected chi connectivity index (χ1v) is 7.10. The minimum atomic E-state index is -1.01. The molecule has 2 aromatic heterocycles. The van der Waals surface area contributed by atoms with Gasteiger partial charge in [-0.25, -0.2) is 4.79 Å². The van der Waals surface area contributed by atoms with Gasteiger partial charge in [0.15, 0.2) is 0 Å². The Balaban J connectivity index is 1.97. The van der Waals surface area contributed by atoms with Crippen LogP contribution in [0.5, 0.6) is 0 Å². The number of hydrogen-bond donors (Lipinski definition) is 2. The molecule has 1 amide bonds. The van der Waals surface area contributed by atoms with E-state index in [0.717, 1.165) is 22.2 Å². The van der Waals surface area contributed by atoms with Gasteiger partial charge in [0.1, 0.15) is 0 Å². The maximum absolute atomic E-state index is 12.0. The number of carboxylic acid groups (broad SMARTS) is 1. The highest BCUT2D eigenvalue weighted by Gasteiger charge is 2.09. The minimum absolute atomic E-state index is 0.190. The van der Waals surface area contributed by atoms with Crippen molar-refractivity contribution in [1.29, 1.82) is 0 Å². The fourth-order valence-electron chi connectivity index (χ4n) is 1.81. The van der Waals surface area contributed by atoms with Crippen molar-refractivity contribution in [3.8, 4) is 0 Å². The van der Waals surface area contributed by atoms with E-state index in [1.807, 2.05) is 20.2 Å². The number of carboxylic acids is 1. The van der Waals surface area contributed by atoms with Crippen LogP contribution in [0.2, 0.25) is 0 Å². The van der Waals surface area contributed by atoms with Crippen LogP contribution in [0.1, 0.15) is 26.5 Å². The van der Waals surface area contributed by atoms with Gasteiger partial charge < -0.3 is 10.4 Å². The van der Waals surface area contributed by atoms with Gasteiger partial charge in [-0.2, -0.15) is 5.10 Å². The number of nitrogens with one attached hydrogen (secondary N) is 1. The predicted molar refractivity (Wildman–Crippen MR) is 80.1 cm³/mol. The molecular formula is C14H15N3O3S. The number of carbonyl (C=O) groups is 2. The van der Waals surface area contributed by atoms with E-state index in [9.17, 15) is 9.59 Å². The average Bonchev–Trinajstić information content (AvgIpc) is 3.00. The van der Waals surface area contributed by atoms with Crippen molar-refractivity contribution in [2.24, 2.45) is 7.05 Å². The third-order valence-electron chi connectivity index (χ3n) is 2.83. The highest BCUT2D eigenvalue weighted by Crippen LogP contribution is 2.16. The standard InChI is InChI=1S/C14H15N3O3S/c1-9-11(7-17(2)16-9)6-15-14(20)10-5-12(21-8-10)3-4-13(18)19/h3-5,7-8H,6H2,1-2H3,(H,15,20)(H,18,19)/b4-3+. The molecule has 0 aliphatic heterocycles. The topological polar surface area (TPSA) is 84.2 Å². The first-order chi connectivity index (χ1) is 9.95. The third-order valence-corrected chi connectivity index (χ3v) is 3.72. The largest absolute Gasteiger partial charge is 0.478 e. The monoisotopic (exact) mass is 305 g/mol. The van der Waals surface area contributed by atoms with E-state index in [1.54, 1.807) is 16.1 Å². The van der Waals surface area contributed by atoms with Crippen LogP contribution in [-0.2, 0) is 18.4 Å². The molecule has 7 heteroatoms. The second-order valence-electron chi connectivity index (χ2n) is 4.51. The van der Waals surface area contributed by atoms with E-state index in [1.165, 1.54) is 17.4 Å². The fourth-order valence-corrected chi connectivity index (χ4v) is 2.59. The molecule has 21 heavy (non-hydrogen) atoms. The molecule has 0 fully saturated rings. The third kappa shape index (κ3) is 4.03. The SMILES string of the molecule is Cc1nn(C)cc1CNC(=O)c1csc(/C=C/C(=O)O)c1. The lowest BCUT2D eigenvalue weighted by molar-refractivity contribution is -0.131. The quantitative estimate of drug-likeness (QED) is 0.825. The summed E-state index contributed by atoms with van der Waals surface area (Å²) < 4.78 is 1.70. The predicted octanol–water partition coefficient (Wildman–Crippen LogP) is 1.82. The molecule has 2 heterocycles. The van der Waals surface area contributed by atoms with Gasteiger partial charge in [0, 0.05) is 41.7 Å². The zero-order valence-corrected chi connectivity index (χ0v) is 12.5. The average molecular weight is 305 g/mol. The van der Waals surface area contributed by atoms with Crippen molar-refractivity contribution in [2.45, 2.75) is 13.5 Å². The second kappa shape index (κ2) is 6.36. The first-order valence-electron chi connectivity index (χ1n) is 6.22. The fraction of sp³-hybridized carbons (Fsp3) is 0.214. The lowest BCUT2D eigenvalue weighted by atomic mass is 10.2. The van der Waals surface area contributed by atoms with E-state index in [2.05, 4.69) is 10.4 Å². The maximum Gasteiger partial charge on any atom is 0.328 e. The number of aliphatic carboxylic acids is 1. The molecule has 0 aliphatic carbocycles. The zero-order valence-electron chi connectivity index (χ0n) is 11.7. The summed E-state index contributed by atoms with van der Waals surface area (Å²) in [4.78, 5) is 23.2. The van der Waals surface area contributed by atoms with Crippen LogP contribution < -0.4 is 5.32 Å². The Kier molecular flexibility index (Phi) is 4.54. The molecule has 110 valence electrons. The lowest BCUT2D eigenvalue weighted by Crippen LogP contribution is -2.22. The molecule has 2 N–H and O–H groups in total. The number of carbonyl (C=O) groups excluding carboxylic acids is 1. The summed E-state index contributed by atoms with van der Waals surface area (Å²) in [5.41, 5.74) is 2.37. The van der Waals surface area contributed by atoms with Crippen LogP contribution in [-0.4, -0.2) is 26.8 Å². The summed E-state index contributed by atoms with van der Waals surface area (Å²) in [5, 5.41) is 17.3. The first kappa shape index (κ1) is 15.0. The van der Waals surface area contributed by atoms with Gasteiger partial charge in [-0.05, 0) is 19.1 Å². The van der Waals surface area contributed by atoms with Crippen LogP contribution in [0.25, 0.3) is 6.08 Å². The van der Waals surface area contributed by atoms with Gasteiger partial charge in [0.2, 0.25) is 0 Å². The van der Waals surface area contributed by atoms with Crippen molar-refractivity contribution in [1.82, 2.24) is 15.1 Å². The molecule has 0 saturated heterocycles. The Morgan fingerprint density at radius 1 is 1.52 bits per heavy atom. The number of rotatable bonds is 5. The number of nitrogens with zero attached hydrogens (tertiary/aromatic N) is 2. The maximum atomic E-state index is 12.0. The smallest absolute Gasteiger partial charge is 0.328 e. The van der Waals surface area contributed by atoms with Gasteiger partial charge in [0.25, 0.3) is 5.91 Å². The number of amides is 1. The Labute approximate surface area is 125 Å². The van der Waals surface area contributed by atoms with E-state index < -0.39 is 5.97 Å². The van der Waals surface area contributed by atoms with E-state index in [-0.39, 0.29) is 5.91 Å². The molecule has 6 nitrogen and oxygen atoms in total. The molecule has 0 radical (unpaired) electrons. The molecule has 0 unspecified atom stereocenters. The number of aryl methyl sites for hydroxylation is 2. The summed E-state index contributed by atoms with van der Waals surface area (Å²) in [6.45, 7) is 2.30. The van der Waals surface area contributed by atoms with E-state index >= 15 is 0 Å². The second-order valence-corrected chi connectivity index (χ2v) is 5.45. The summed E-state index contributed by atoms with van der Waals surface area (Å²) in [5.74, 6) is -1.20. The molecule has 0 bridgehead atoms. The van der Waals surface area contributed by atoms with Crippen molar-refractivity contribution < 1.29 is 14.7 Å². The Hall–Kier alpha value is -2.41. The minimum Gasteiger partial charge on any atom is -0.478 e. The number of hydrogen-bond acceptors (Lipinski definition) is 4. The van der Waals surface area contributed by atoms with Crippen molar-refractivity contribution in [2.75, 3.05) is 0 Å². The van der Waals surface area contributed by atoms with Gasteiger partial charge in [-0.3, -0.25) is 9.48 Å². The van der Waals surface area contributed by atoms with Gasteiger partial charge >= 0.3 is 5.97 Å². The lowest BCUT2D eigenvalue weighted by Gasteiger charge is -2.02. The Bertz CT molecular complexity index is 700. The van der Waals surface area contributed by atoms with Crippen LogP contribution in [0, 0.1) is 6.92 Å². The highest BCUT2D eigenvalue weighted by atomic mass is 32.1. The van der Waals surface area contributed by atoms with Gasteiger partial charge in [0.05, 0.1) is 11.3 Å². The summed E-state index contributed by atoms with van der Waals surface area (Å²) in [6.07, 6.45) is 4.38. The summed E-state index contributed by atoms with van der Waals surface area (Å²) >= 11 is 1.32. The van der Waals surface area contributed by atoms with Crippen molar-refractivity contribution in [3.63, 3.8) is 0 Å². The molecule has 0 atom stereocenters. The molecule has 2 rings (SSSR count). The summed E-state index contributed by atoms with van der Waals surface area (Å²) in [7, 11) is 1.83. The highest BCUT2D eigenvalue weighted by molar-refractivity contribution is 7.11. The molecule has 2 aromatic rings. The van der Waals surface area contributed by atoms with Crippen LogP contribution in [0.15, 0.2) is 23.7 Å². The number of thiophene rings is 1. The van der Waals surface area contributed by atoms with Gasteiger partial charge in [-0.1, -0.05) is 0 Å². The van der Waals surface area contributed by atoms with Crippen molar-refractivity contribution in [3.05, 3.63) is 45.4 Å². The van der Waals surface area contributed by atoms with E-state index in [0.29, 0.717) is 12.1 Å². The molecule has 0 aliphatic rings. The zero-order chi connectivity index (χ0) is 15.4. The Morgan fingerprint density at radius 3 is 2.90 bits per heavy atom. The molecule has 0 spiro atoms. The number of aromatic nitrogens is 2. The molecule has 0 aromatic carbocycles.